The molecule has 16 heavy (non-hydrogen) atoms. The van der Waals surface area contributed by atoms with Gasteiger partial charge in [-0.15, -0.1) is 0 Å². The number of ether oxygens (including phenoxy) is 1. The SMILES string of the molecule is COCC(O)c1cc(C)c2c(c1)CC(=O)N2. The molecule has 2 rings (SSSR count). The third kappa shape index (κ3) is 1.94. The molecule has 0 aromatic heterocycles. The summed E-state index contributed by atoms with van der Waals surface area (Å²) >= 11 is 0. The number of carbonyl (C=O) groups excluding carboxylic acids is 1. The highest BCUT2D eigenvalue weighted by Crippen LogP contribution is 2.30. The van der Waals surface area contributed by atoms with Crippen molar-refractivity contribution in [2.45, 2.75) is 19.4 Å². The van der Waals surface area contributed by atoms with Crippen LogP contribution in [0.2, 0.25) is 0 Å². The van der Waals surface area contributed by atoms with E-state index in [9.17, 15) is 9.90 Å². The summed E-state index contributed by atoms with van der Waals surface area (Å²) in [6.07, 6.45) is -0.242. The Morgan fingerprint density at radius 2 is 2.31 bits per heavy atom. The molecule has 0 spiro atoms. The van der Waals surface area contributed by atoms with Gasteiger partial charge in [0.15, 0.2) is 0 Å². The second kappa shape index (κ2) is 4.23. The largest absolute Gasteiger partial charge is 0.386 e. The van der Waals surface area contributed by atoms with Gasteiger partial charge in [0.05, 0.1) is 13.0 Å². The minimum absolute atomic E-state index is 0.0106. The number of aryl methyl sites for hydroxylation is 1. The molecule has 1 aliphatic heterocycles. The molecule has 0 saturated heterocycles. The predicted octanol–water partition coefficient (Wildman–Crippen LogP) is 1.17. The Morgan fingerprint density at radius 1 is 1.56 bits per heavy atom. The van der Waals surface area contributed by atoms with Crippen molar-refractivity contribution in [3.8, 4) is 0 Å². The van der Waals surface area contributed by atoms with Crippen LogP contribution in [0.4, 0.5) is 5.69 Å². The molecule has 1 amide bonds. The molecule has 1 atom stereocenters. The van der Waals surface area contributed by atoms with Crippen LogP contribution in [0.3, 0.4) is 0 Å². The maximum absolute atomic E-state index is 11.3. The Labute approximate surface area is 94.2 Å². The Hall–Kier alpha value is -1.39. The zero-order valence-corrected chi connectivity index (χ0v) is 9.41. The van der Waals surface area contributed by atoms with Crippen LogP contribution < -0.4 is 5.32 Å². The van der Waals surface area contributed by atoms with Crippen molar-refractivity contribution in [3.05, 3.63) is 28.8 Å². The van der Waals surface area contributed by atoms with Crippen LogP contribution in [0.5, 0.6) is 0 Å². The number of carbonyl (C=O) groups is 1. The van der Waals surface area contributed by atoms with Crippen LogP contribution in [0, 0.1) is 6.92 Å². The first-order valence-electron chi connectivity index (χ1n) is 5.22. The highest BCUT2D eigenvalue weighted by Gasteiger charge is 2.21. The summed E-state index contributed by atoms with van der Waals surface area (Å²) < 4.78 is 4.91. The van der Waals surface area contributed by atoms with E-state index in [0.717, 1.165) is 22.4 Å². The fraction of sp³-hybridized carbons (Fsp3) is 0.417. The Morgan fingerprint density at radius 3 is 3.00 bits per heavy atom. The lowest BCUT2D eigenvalue weighted by Gasteiger charge is -2.13. The topological polar surface area (TPSA) is 58.6 Å². The number of rotatable bonds is 3. The van der Waals surface area contributed by atoms with Gasteiger partial charge in [-0.25, -0.2) is 0 Å². The lowest BCUT2D eigenvalue weighted by atomic mass is 10.0. The molecule has 1 aliphatic rings. The van der Waals surface area contributed by atoms with Crippen LogP contribution in [0.15, 0.2) is 12.1 Å². The first-order valence-corrected chi connectivity index (χ1v) is 5.22. The van der Waals surface area contributed by atoms with Crippen molar-refractivity contribution in [2.24, 2.45) is 0 Å². The van der Waals surface area contributed by atoms with Crippen molar-refractivity contribution in [1.82, 2.24) is 0 Å². The Kier molecular flexibility index (Phi) is 2.94. The van der Waals surface area contributed by atoms with Crippen molar-refractivity contribution in [3.63, 3.8) is 0 Å². The van der Waals surface area contributed by atoms with Crippen LogP contribution >= 0.6 is 0 Å². The van der Waals surface area contributed by atoms with Crippen LogP contribution in [0.1, 0.15) is 22.8 Å². The van der Waals surface area contributed by atoms with Gasteiger partial charge in [0.1, 0.15) is 6.10 Å². The molecule has 1 unspecified atom stereocenters. The van der Waals surface area contributed by atoms with Crippen LogP contribution in [0.25, 0.3) is 0 Å². The first kappa shape index (κ1) is 11.1. The standard InChI is InChI=1S/C12H15NO3/c1-7-3-8(10(14)6-16-2)4-9-5-11(15)13-12(7)9/h3-4,10,14H,5-6H2,1-2H3,(H,13,15). The van der Waals surface area contributed by atoms with Crippen molar-refractivity contribution in [2.75, 3.05) is 19.0 Å². The zero-order valence-electron chi connectivity index (χ0n) is 9.41. The molecule has 1 aromatic rings. The summed E-state index contributed by atoms with van der Waals surface area (Å²) in [4.78, 5) is 11.3. The van der Waals surface area contributed by atoms with Gasteiger partial charge in [-0.2, -0.15) is 0 Å². The molecule has 2 N–H and O–H groups in total. The monoisotopic (exact) mass is 221 g/mol. The van der Waals surface area contributed by atoms with E-state index in [1.54, 1.807) is 7.11 Å². The van der Waals surface area contributed by atoms with E-state index in [4.69, 9.17) is 4.74 Å². The molecule has 0 fully saturated rings. The normalized spacial score (nSPS) is 15.8. The Bertz CT molecular complexity index is 429. The van der Waals surface area contributed by atoms with Gasteiger partial charge in [0, 0.05) is 12.8 Å². The lowest BCUT2D eigenvalue weighted by Crippen LogP contribution is -2.06. The molecule has 0 saturated carbocycles. The van der Waals surface area contributed by atoms with E-state index in [1.165, 1.54) is 0 Å². The Balaban J connectivity index is 2.34. The van der Waals surface area contributed by atoms with Gasteiger partial charge >= 0.3 is 0 Å². The fourth-order valence-electron chi connectivity index (χ4n) is 2.01. The summed E-state index contributed by atoms with van der Waals surface area (Å²) in [5, 5.41) is 12.6. The van der Waals surface area contributed by atoms with Crippen LogP contribution in [-0.2, 0) is 16.0 Å². The number of aliphatic hydroxyl groups is 1. The molecule has 1 heterocycles. The molecule has 86 valence electrons. The third-order valence-electron chi connectivity index (χ3n) is 2.76. The van der Waals surface area contributed by atoms with Gasteiger partial charge < -0.3 is 15.2 Å². The van der Waals surface area contributed by atoms with E-state index in [0.29, 0.717) is 6.42 Å². The number of benzene rings is 1. The lowest BCUT2D eigenvalue weighted by molar-refractivity contribution is -0.115. The number of amides is 1. The highest BCUT2D eigenvalue weighted by atomic mass is 16.5. The van der Waals surface area contributed by atoms with E-state index >= 15 is 0 Å². The van der Waals surface area contributed by atoms with Crippen molar-refractivity contribution >= 4 is 11.6 Å². The van der Waals surface area contributed by atoms with Gasteiger partial charge in [-0.3, -0.25) is 4.79 Å². The van der Waals surface area contributed by atoms with Crippen molar-refractivity contribution < 1.29 is 14.6 Å². The minimum atomic E-state index is -0.635. The van der Waals surface area contributed by atoms with E-state index < -0.39 is 6.10 Å². The van der Waals surface area contributed by atoms with Gasteiger partial charge in [0.25, 0.3) is 0 Å². The summed E-state index contributed by atoms with van der Waals surface area (Å²) in [6, 6.07) is 3.75. The molecule has 4 nitrogen and oxygen atoms in total. The smallest absolute Gasteiger partial charge is 0.228 e. The average molecular weight is 221 g/mol. The number of hydrogen-bond acceptors (Lipinski definition) is 3. The number of aliphatic hydroxyl groups excluding tert-OH is 1. The second-order valence-corrected chi connectivity index (χ2v) is 4.07. The summed E-state index contributed by atoms with van der Waals surface area (Å²) in [5.41, 5.74) is 3.62. The molecule has 4 heteroatoms. The maximum atomic E-state index is 11.3. The molecular weight excluding hydrogens is 206 g/mol. The van der Waals surface area contributed by atoms with E-state index in [1.807, 2.05) is 19.1 Å². The number of nitrogens with one attached hydrogen (secondary N) is 1. The third-order valence-corrected chi connectivity index (χ3v) is 2.76. The number of hydrogen-bond donors (Lipinski definition) is 2. The molecular formula is C12H15NO3. The van der Waals surface area contributed by atoms with Crippen LogP contribution in [-0.4, -0.2) is 24.7 Å². The average Bonchev–Trinajstić information content (AvgIpc) is 2.59. The first-order chi connectivity index (χ1) is 7.61. The van der Waals surface area contributed by atoms with Gasteiger partial charge in [0.2, 0.25) is 5.91 Å². The molecule has 1 aromatic carbocycles. The second-order valence-electron chi connectivity index (χ2n) is 4.07. The summed E-state index contributed by atoms with van der Waals surface area (Å²) in [5.74, 6) is 0.0106. The zero-order chi connectivity index (χ0) is 11.7. The number of anilines is 1. The quantitative estimate of drug-likeness (QED) is 0.805. The van der Waals surface area contributed by atoms with E-state index in [-0.39, 0.29) is 12.5 Å². The predicted molar refractivity (Wildman–Crippen MR) is 60.3 cm³/mol. The number of methoxy groups -OCH3 is 1. The van der Waals surface area contributed by atoms with Crippen molar-refractivity contribution in [1.29, 1.82) is 0 Å². The minimum Gasteiger partial charge on any atom is -0.386 e. The summed E-state index contributed by atoms with van der Waals surface area (Å²) in [6.45, 7) is 2.19. The number of fused-ring (bicyclic) bond motifs is 1. The maximum Gasteiger partial charge on any atom is 0.228 e. The molecule has 0 radical (unpaired) electrons. The van der Waals surface area contributed by atoms with Gasteiger partial charge in [-0.1, -0.05) is 12.1 Å². The highest BCUT2D eigenvalue weighted by molar-refractivity contribution is 6.00. The molecule has 0 aliphatic carbocycles. The summed E-state index contributed by atoms with van der Waals surface area (Å²) in [7, 11) is 1.55. The van der Waals surface area contributed by atoms with Gasteiger partial charge in [-0.05, 0) is 23.6 Å². The fourth-order valence-corrected chi connectivity index (χ4v) is 2.01. The molecule has 0 bridgehead atoms. The van der Waals surface area contributed by atoms with E-state index in [2.05, 4.69) is 5.32 Å².